The highest BCUT2D eigenvalue weighted by Crippen LogP contribution is 2.37. The van der Waals surface area contributed by atoms with Crippen molar-refractivity contribution < 1.29 is 9.90 Å². The predicted molar refractivity (Wildman–Crippen MR) is 66.0 cm³/mol. The van der Waals surface area contributed by atoms with Crippen LogP contribution in [0.3, 0.4) is 0 Å². The number of carboxylic acid groups (broad SMARTS) is 1. The zero-order chi connectivity index (χ0) is 11.4. The molecule has 16 heavy (non-hydrogen) atoms. The molecule has 1 aromatic heterocycles. The molecule has 0 amide bonds. The number of nitrogens with zero attached hydrogens (tertiary/aromatic N) is 1. The van der Waals surface area contributed by atoms with E-state index >= 15 is 0 Å². The van der Waals surface area contributed by atoms with Gasteiger partial charge in [-0.2, -0.15) is 0 Å². The first kappa shape index (κ1) is 11.9. The van der Waals surface area contributed by atoms with Gasteiger partial charge < -0.3 is 5.11 Å². The number of aliphatic carboxylic acids is 1. The second-order valence-electron chi connectivity index (χ2n) is 4.04. The molecule has 1 heterocycles. The van der Waals surface area contributed by atoms with Crippen molar-refractivity contribution in [2.45, 2.75) is 41.7 Å². The molecule has 1 aliphatic rings. The summed E-state index contributed by atoms with van der Waals surface area (Å²) in [6.07, 6.45) is 6.95. The predicted octanol–water partition coefficient (Wildman–Crippen LogP) is 3.27. The third kappa shape index (κ3) is 2.98. The van der Waals surface area contributed by atoms with E-state index in [1.807, 2.05) is 5.38 Å². The molecule has 2 unspecified atom stereocenters. The van der Waals surface area contributed by atoms with E-state index in [1.165, 1.54) is 6.42 Å². The van der Waals surface area contributed by atoms with Gasteiger partial charge in [-0.1, -0.05) is 31.0 Å². The van der Waals surface area contributed by atoms with Crippen molar-refractivity contribution in [2.75, 3.05) is 0 Å². The molecule has 2 atom stereocenters. The largest absolute Gasteiger partial charge is 0.481 e. The maximum Gasteiger partial charge on any atom is 0.307 e. The van der Waals surface area contributed by atoms with Crippen LogP contribution < -0.4 is 0 Å². The zero-order valence-corrected chi connectivity index (χ0v) is 10.6. The third-order valence-electron chi connectivity index (χ3n) is 2.93. The van der Waals surface area contributed by atoms with E-state index in [0.29, 0.717) is 0 Å². The molecule has 5 heteroatoms. The standard InChI is InChI=1S/C11H15NO2S2/c13-10(14)8-4-2-1-3-5-9(8)16-11-12-6-7-15-11/h6-9H,1-5H2,(H,13,14). The van der Waals surface area contributed by atoms with Crippen LogP contribution in [0.15, 0.2) is 15.9 Å². The normalized spacial score (nSPS) is 26.2. The van der Waals surface area contributed by atoms with E-state index in [4.69, 9.17) is 0 Å². The Balaban J connectivity index is 2.05. The zero-order valence-electron chi connectivity index (χ0n) is 8.96. The summed E-state index contributed by atoms with van der Waals surface area (Å²) >= 11 is 3.24. The van der Waals surface area contributed by atoms with Crippen LogP contribution in [0, 0.1) is 5.92 Å². The van der Waals surface area contributed by atoms with Gasteiger partial charge in [0, 0.05) is 16.8 Å². The average Bonchev–Trinajstić information content (AvgIpc) is 2.63. The minimum Gasteiger partial charge on any atom is -0.481 e. The number of aromatic nitrogens is 1. The molecule has 1 aromatic rings. The fourth-order valence-corrected chi connectivity index (χ4v) is 4.30. The number of thiazole rings is 1. The Morgan fingerprint density at radius 2 is 2.25 bits per heavy atom. The van der Waals surface area contributed by atoms with Gasteiger partial charge in [0.1, 0.15) is 4.34 Å². The van der Waals surface area contributed by atoms with Crippen molar-refractivity contribution in [2.24, 2.45) is 5.92 Å². The molecule has 0 aliphatic heterocycles. The highest BCUT2D eigenvalue weighted by atomic mass is 32.2. The van der Waals surface area contributed by atoms with Crippen LogP contribution in [-0.4, -0.2) is 21.3 Å². The lowest BCUT2D eigenvalue weighted by molar-refractivity contribution is -0.141. The molecule has 1 aliphatic carbocycles. The Kier molecular flexibility index (Phi) is 4.23. The van der Waals surface area contributed by atoms with Gasteiger partial charge in [0.15, 0.2) is 0 Å². The summed E-state index contributed by atoms with van der Waals surface area (Å²) in [5.74, 6) is -0.840. The van der Waals surface area contributed by atoms with E-state index in [-0.39, 0.29) is 11.2 Å². The SMILES string of the molecule is O=C(O)C1CCCCCC1Sc1nccs1. The van der Waals surface area contributed by atoms with Crippen molar-refractivity contribution in [3.63, 3.8) is 0 Å². The molecule has 0 bridgehead atoms. The number of hydrogen-bond donors (Lipinski definition) is 1. The van der Waals surface area contributed by atoms with Crippen molar-refractivity contribution >= 4 is 29.1 Å². The third-order valence-corrected chi connectivity index (χ3v) is 5.25. The van der Waals surface area contributed by atoms with Crippen LogP contribution in [0.4, 0.5) is 0 Å². The smallest absolute Gasteiger partial charge is 0.307 e. The van der Waals surface area contributed by atoms with Crippen molar-refractivity contribution in [1.82, 2.24) is 4.98 Å². The number of carbonyl (C=O) groups is 1. The van der Waals surface area contributed by atoms with E-state index < -0.39 is 5.97 Å². The highest BCUT2D eigenvalue weighted by molar-refractivity contribution is 8.01. The van der Waals surface area contributed by atoms with Crippen LogP contribution >= 0.6 is 23.1 Å². The highest BCUT2D eigenvalue weighted by Gasteiger charge is 2.30. The minimum atomic E-state index is -0.643. The number of rotatable bonds is 3. The Bertz CT molecular complexity index is 340. The molecule has 0 spiro atoms. The van der Waals surface area contributed by atoms with Gasteiger partial charge in [0.25, 0.3) is 0 Å². The molecular weight excluding hydrogens is 242 g/mol. The number of carboxylic acids is 1. The summed E-state index contributed by atoms with van der Waals surface area (Å²) in [6, 6.07) is 0. The monoisotopic (exact) mass is 257 g/mol. The lowest BCUT2D eigenvalue weighted by Crippen LogP contribution is -2.24. The minimum absolute atomic E-state index is 0.198. The molecular formula is C11H15NO2S2. The first-order valence-corrected chi connectivity index (χ1v) is 7.32. The second kappa shape index (κ2) is 5.68. The number of hydrogen-bond acceptors (Lipinski definition) is 4. The van der Waals surface area contributed by atoms with Crippen molar-refractivity contribution in [3.05, 3.63) is 11.6 Å². The maximum atomic E-state index is 11.2. The van der Waals surface area contributed by atoms with Gasteiger partial charge in [-0.15, -0.1) is 11.3 Å². The van der Waals surface area contributed by atoms with Crippen LogP contribution in [0.5, 0.6) is 0 Å². The molecule has 3 nitrogen and oxygen atoms in total. The summed E-state index contributed by atoms with van der Waals surface area (Å²) in [5, 5.41) is 11.4. The topological polar surface area (TPSA) is 50.2 Å². The summed E-state index contributed by atoms with van der Waals surface area (Å²) in [4.78, 5) is 15.4. The summed E-state index contributed by atoms with van der Waals surface area (Å²) in [6.45, 7) is 0. The Hall–Kier alpha value is -0.550. The molecule has 2 rings (SSSR count). The first-order chi connectivity index (χ1) is 7.77. The van der Waals surface area contributed by atoms with Crippen LogP contribution in [0.25, 0.3) is 0 Å². The number of thioether (sulfide) groups is 1. The van der Waals surface area contributed by atoms with Gasteiger partial charge >= 0.3 is 5.97 Å². The van der Waals surface area contributed by atoms with Gasteiger partial charge in [-0.25, -0.2) is 4.98 Å². The van der Waals surface area contributed by atoms with Crippen LogP contribution in [0.2, 0.25) is 0 Å². The molecule has 88 valence electrons. The fourth-order valence-electron chi connectivity index (χ4n) is 2.10. The van der Waals surface area contributed by atoms with E-state index in [2.05, 4.69) is 4.98 Å². The lowest BCUT2D eigenvalue weighted by atomic mass is 10.0. The molecule has 1 saturated carbocycles. The Morgan fingerprint density at radius 3 is 2.94 bits per heavy atom. The molecule has 0 aromatic carbocycles. The summed E-state index contributed by atoms with van der Waals surface area (Å²) in [7, 11) is 0. The summed E-state index contributed by atoms with van der Waals surface area (Å²) < 4.78 is 0.998. The van der Waals surface area contributed by atoms with E-state index in [0.717, 1.165) is 30.0 Å². The van der Waals surface area contributed by atoms with Crippen molar-refractivity contribution in [3.8, 4) is 0 Å². The Morgan fingerprint density at radius 1 is 1.44 bits per heavy atom. The Labute approximate surface area is 103 Å². The van der Waals surface area contributed by atoms with Gasteiger partial charge in [-0.05, 0) is 12.8 Å². The molecule has 0 saturated heterocycles. The van der Waals surface area contributed by atoms with Crippen molar-refractivity contribution in [1.29, 1.82) is 0 Å². The van der Waals surface area contributed by atoms with Crippen LogP contribution in [-0.2, 0) is 4.79 Å². The summed E-state index contributed by atoms with van der Waals surface area (Å²) in [5.41, 5.74) is 0. The maximum absolute atomic E-state index is 11.2. The molecule has 0 radical (unpaired) electrons. The van der Waals surface area contributed by atoms with Gasteiger partial charge in [0.05, 0.1) is 5.92 Å². The van der Waals surface area contributed by atoms with Gasteiger partial charge in [-0.3, -0.25) is 4.79 Å². The van der Waals surface area contributed by atoms with E-state index in [1.54, 1.807) is 29.3 Å². The molecule has 1 fully saturated rings. The van der Waals surface area contributed by atoms with Gasteiger partial charge in [0.2, 0.25) is 0 Å². The first-order valence-electron chi connectivity index (χ1n) is 5.56. The van der Waals surface area contributed by atoms with E-state index in [9.17, 15) is 9.90 Å². The van der Waals surface area contributed by atoms with Crippen LogP contribution in [0.1, 0.15) is 32.1 Å². The quantitative estimate of drug-likeness (QED) is 0.844. The fraction of sp³-hybridized carbons (Fsp3) is 0.636. The second-order valence-corrected chi connectivity index (χ2v) is 6.42. The average molecular weight is 257 g/mol. The molecule has 1 N–H and O–H groups in total. The lowest BCUT2D eigenvalue weighted by Gasteiger charge is -2.19.